The van der Waals surface area contributed by atoms with Gasteiger partial charge in [0.2, 0.25) is 5.91 Å². The molecule has 0 bridgehead atoms. The number of amides is 1. The molecule has 3 N–H and O–H groups in total. The molecule has 0 aromatic rings. The van der Waals surface area contributed by atoms with Crippen LogP contribution >= 0.6 is 0 Å². The summed E-state index contributed by atoms with van der Waals surface area (Å²) in [6.45, 7) is 5.86. The third-order valence-electron chi connectivity index (χ3n) is 3.30. The van der Waals surface area contributed by atoms with Crippen molar-refractivity contribution in [3.8, 4) is 0 Å². The summed E-state index contributed by atoms with van der Waals surface area (Å²) < 4.78 is 0. The van der Waals surface area contributed by atoms with Crippen molar-refractivity contribution in [1.82, 2.24) is 5.32 Å². The molecule has 1 unspecified atom stereocenters. The Morgan fingerprint density at radius 1 is 1.57 bits per heavy atom. The molecule has 3 heteroatoms. The third-order valence-corrected chi connectivity index (χ3v) is 3.30. The largest absolute Gasteiger partial charge is 0.350 e. The van der Waals surface area contributed by atoms with Crippen molar-refractivity contribution in [2.24, 2.45) is 11.7 Å². The van der Waals surface area contributed by atoms with E-state index in [0.29, 0.717) is 12.3 Å². The number of carbonyl (C=O) groups is 1. The zero-order valence-corrected chi connectivity index (χ0v) is 9.47. The molecule has 1 saturated carbocycles. The van der Waals surface area contributed by atoms with Crippen LogP contribution in [0.5, 0.6) is 0 Å². The van der Waals surface area contributed by atoms with E-state index >= 15 is 0 Å². The standard InChI is InChI=1S/C11H22N2O/c1-8(12)11(2,3)13-10(14)7-9-5-4-6-9/h8-9H,4-7,12H2,1-3H3,(H,13,14). The van der Waals surface area contributed by atoms with Crippen LogP contribution in [0.3, 0.4) is 0 Å². The summed E-state index contributed by atoms with van der Waals surface area (Å²) in [6.07, 6.45) is 4.39. The summed E-state index contributed by atoms with van der Waals surface area (Å²) >= 11 is 0. The zero-order valence-electron chi connectivity index (χ0n) is 9.47. The predicted octanol–water partition coefficient (Wildman–Crippen LogP) is 1.42. The van der Waals surface area contributed by atoms with Crippen LogP contribution in [0.15, 0.2) is 0 Å². The first-order valence-corrected chi connectivity index (χ1v) is 5.48. The highest BCUT2D eigenvalue weighted by Gasteiger charge is 2.27. The van der Waals surface area contributed by atoms with Gasteiger partial charge in [-0.15, -0.1) is 0 Å². The monoisotopic (exact) mass is 198 g/mol. The topological polar surface area (TPSA) is 55.1 Å². The Morgan fingerprint density at radius 2 is 2.14 bits per heavy atom. The van der Waals surface area contributed by atoms with Gasteiger partial charge in [0.15, 0.2) is 0 Å². The van der Waals surface area contributed by atoms with E-state index in [4.69, 9.17) is 5.73 Å². The van der Waals surface area contributed by atoms with E-state index in [0.717, 1.165) is 0 Å². The van der Waals surface area contributed by atoms with Crippen molar-refractivity contribution in [2.75, 3.05) is 0 Å². The van der Waals surface area contributed by atoms with E-state index in [2.05, 4.69) is 5.32 Å². The molecule has 0 aliphatic heterocycles. The zero-order chi connectivity index (χ0) is 10.8. The number of hydrogen-bond acceptors (Lipinski definition) is 2. The highest BCUT2D eigenvalue weighted by atomic mass is 16.1. The summed E-state index contributed by atoms with van der Waals surface area (Å²) in [5.41, 5.74) is 5.49. The van der Waals surface area contributed by atoms with Gasteiger partial charge in [-0.2, -0.15) is 0 Å². The SMILES string of the molecule is CC(N)C(C)(C)NC(=O)CC1CCC1. The van der Waals surface area contributed by atoms with Crippen LogP contribution in [0.1, 0.15) is 46.5 Å². The molecule has 82 valence electrons. The van der Waals surface area contributed by atoms with Crippen molar-refractivity contribution in [1.29, 1.82) is 0 Å². The van der Waals surface area contributed by atoms with E-state index in [1.165, 1.54) is 19.3 Å². The maximum absolute atomic E-state index is 11.6. The van der Waals surface area contributed by atoms with E-state index in [-0.39, 0.29) is 17.5 Å². The highest BCUT2D eigenvalue weighted by molar-refractivity contribution is 5.77. The molecule has 0 spiro atoms. The Morgan fingerprint density at radius 3 is 2.50 bits per heavy atom. The summed E-state index contributed by atoms with van der Waals surface area (Å²) in [4.78, 5) is 11.6. The highest BCUT2D eigenvalue weighted by Crippen LogP contribution is 2.29. The third kappa shape index (κ3) is 2.98. The molecule has 1 atom stereocenters. The van der Waals surface area contributed by atoms with E-state index in [1.807, 2.05) is 20.8 Å². The molecule has 1 aliphatic rings. The molecule has 0 saturated heterocycles. The smallest absolute Gasteiger partial charge is 0.220 e. The van der Waals surface area contributed by atoms with Gasteiger partial charge in [0.05, 0.1) is 0 Å². The first-order chi connectivity index (χ1) is 6.42. The lowest BCUT2D eigenvalue weighted by Gasteiger charge is -2.32. The summed E-state index contributed by atoms with van der Waals surface area (Å²) in [6, 6.07) is -0.0205. The molecule has 14 heavy (non-hydrogen) atoms. The van der Waals surface area contributed by atoms with Crippen LogP contribution in [0.2, 0.25) is 0 Å². The number of hydrogen-bond donors (Lipinski definition) is 2. The number of nitrogens with one attached hydrogen (secondary N) is 1. The molecule has 3 nitrogen and oxygen atoms in total. The minimum absolute atomic E-state index is 0.0205. The lowest BCUT2D eigenvalue weighted by molar-refractivity contribution is -0.124. The molecular weight excluding hydrogens is 176 g/mol. The molecule has 0 heterocycles. The van der Waals surface area contributed by atoms with Gasteiger partial charge in [-0.05, 0) is 39.5 Å². The summed E-state index contributed by atoms with van der Waals surface area (Å²) in [5.74, 6) is 0.774. The Labute approximate surface area is 86.4 Å². The van der Waals surface area contributed by atoms with Gasteiger partial charge >= 0.3 is 0 Å². The van der Waals surface area contributed by atoms with Crippen LogP contribution in [-0.4, -0.2) is 17.5 Å². The number of carbonyl (C=O) groups excluding carboxylic acids is 1. The van der Waals surface area contributed by atoms with Crippen LogP contribution in [-0.2, 0) is 4.79 Å². The van der Waals surface area contributed by atoms with Gasteiger partial charge in [0, 0.05) is 18.0 Å². The molecule has 1 fully saturated rings. The second-order valence-electron chi connectivity index (χ2n) is 5.06. The Hall–Kier alpha value is -0.570. The number of nitrogens with two attached hydrogens (primary N) is 1. The van der Waals surface area contributed by atoms with Crippen molar-refractivity contribution in [3.05, 3.63) is 0 Å². The van der Waals surface area contributed by atoms with E-state index < -0.39 is 0 Å². The first kappa shape index (κ1) is 11.5. The van der Waals surface area contributed by atoms with Crippen molar-refractivity contribution >= 4 is 5.91 Å². The first-order valence-electron chi connectivity index (χ1n) is 5.48. The maximum atomic E-state index is 11.6. The van der Waals surface area contributed by atoms with Crippen LogP contribution in [0, 0.1) is 5.92 Å². The Balaban J connectivity index is 2.31. The van der Waals surface area contributed by atoms with Crippen LogP contribution in [0.25, 0.3) is 0 Å². The van der Waals surface area contributed by atoms with Crippen LogP contribution in [0.4, 0.5) is 0 Å². The van der Waals surface area contributed by atoms with Crippen molar-refractivity contribution < 1.29 is 4.79 Å². The Kier molecular flexibility index (Phi) is 3.53. The quantitative estimate of drug-likeness (QED) is 0.717. The molecule has 0 aromatic carbocycles. The average molecular weight is 198 g/mol. The van der Waals surface area contributed by atoms with E-state index in [1.54, 1.807) is 0 Å². The van der Waals surface area contributed by atoms with Gasteiger partial charge in [-0.25, -0.2) is 0 Å². The predicted molar refractivity (Wildman–Crippen MR) is 57.8 cm³/mol. The number of rotatable bonds is 4. The fourth-order valence-electron chi connectivity index (χ4n) is 1.48. The molecule has 0 aromatic heterocycles. The van der Waals surface area contributed by atoms with Crippen LogP contribution < -0.4 is 11.1 Å². The maximum Gasteiger partial charge on any atom is 0.220 e. The Bertz CT molecular complexity index is 207. The normalized spacial score (nSPS) is 20.0. The molecular formula is C11H22N2O. The summed E-state index contributed by atoms with van der Waals surface area (Å²) in [7, 11) is 0. The van der Waals surface area contributed by atoms with Gasteiger partial charge in [-0.1, -0.05) is 6.42 Å². The van der Waals surface area contributed by atoms with E-state index in [9.17, 15) is 4.79 Å². The minimum atomic E-state index is -0.291. The van der Waals surface area contributed by atoms with Crippen molar-refractivity contribution in [3.63, 3.8) is 0 Å². The molecule has 0 radical (unpaired) electrons. The van der Waals surface area contributed by atoms with Gasteiger partial charge in [0.25, 0.3) is 0 Å². The second kappa shape index (κ2) is 4.30. The molecule has 1 amide bonds. The lowest BCUT2D eigenvalue weighted by atomic mass is 9.82. The molecule has 1 aliphatic carbocycles. The second-order valence-corrected chi connectivity index (χ2v) is 5.06. The fourth-order valence-corrected chi connectivity index (χ4v) is 1.48. The van der Waals surface area contributed by atoms with Crippen molar-refractivity contribution in [2.45, 2.75) is 58.0 Å². The van der Waals surface area contributed by atoms with Gasteiger partial charge < -0.3 is 11.1 Å². The van der Waals surface area contributed by atoms with Gasteiger partial charge in [0.1, 0.15) is 0 Å². The fraction of sp³-hybridized carbons (Fsp3) is 0.909. The minimum Gasteiger partial charge on any atom is -0.350 e. The average Bonchev–Trinajstić information content (AvgIpc) is 1.96. The summed E-state index contributed by atoms with van der Waals surface area (Å²) in [5, 5.41) is 2.99. The lowest BCUT2D eigenvalue weighted by Crippen LogP contribution is -2.54. The molecule has 1 rings (SSSR count). The van der Waals surface area contributed by atoms with Gasteiger partial charge in [-0.3, -0.25) is 4.79 Å².